The van der Waals surface area contributed by atoms with Gasteiger partial charge in [-0.3, -0.25) is 0 Å². The van der Waals surface area contributed by atoms with Crippen LogP contribution in [0.5, 0.6) is 5.75 Å². The largest absolute Gasteiger partial charge is 0.486 e. The lowest BCUT2D eigenvalue weighted by Gasteiger charge is -2.07. The van der Waals surface area contributed by atoms with Gasteiger partial charge in [0.1, 0.15) is 18.2 Å². The van der Waals surface area contributed by atoms with Crippen LogP contribution in [0.15, 0.2) is 42.5 Å². The van der Waals surface area contributed by atoms with Gasteiger partial charge in [-0.25, -0.2) is 13.2 Å². The molecule has 0 N–H and O–H groups in total. The third-order valence-corrected chi connectivity index (χ3v) is 2.18. The third kappa shape index (κ3) is 3.00. The second kappa shape index (κ2) is 4.91. The highest BCUT2D eigenvalue weighted by atomic mass is 19.1. The minimum absolute atomic E-state index is 0.0157. The molecule has 0 radical (unpaired) electrons. The second-order valence-corrected chi connectivity index (χ2v) is 3.49. The molecule has 0 aliphatic heterocycles. The fourth-order valence-corrected chi connectivity index (χ4v) is 1.38. The van der Waals surface area contributed by atoms with Crippen molar-refractivity contribution in [2.24, 2.45) is 0 Å². The quantitative estimate of drug-likeness (QED) is 0.792. The van der Waals surface area contributed by atoms with Crippen LogP contribution in [0.25, 0.3) is 0 Å². The van der Waals surface area contributed by atoms with E-state index >= 15 is 0 Å². The minimum Gasteiger partial charge on any atom is -0.486 e. The Bertz CT molecular complexity index is 526. The summed E-state index contributed by atoms with van der Waals surface area (Å²) in [7, 11) is 0. The van der Waals surface area contributed by atoms with Gasteiger partial charge in [-0.1, -0.05) is 12.1 Å². The average molecular weight is 238 g/mol. The second-order valence-electron chi connectivity index (χ2n) is 3.49. The van der Waals surface area contributed by atoms with Crippen LogP contribution in [0.3, 0.4) is 0 Å². The van der Waals surface area contributed by atoms with Crippen LogP contribution >= 0.6 is 0 Å². The Labute approximate surface area is 96.5 Å². The molecule has 0 fully saturated rings. The molecule has 2 rings (SSSR count). The molecule has 2 aromatic rings. The Morgan fingerprint density at radius 3 is 2.41 bits per heavy atom. The molecule has 0 bridgehead atoms. The molecule has 0 spiro atoms. The topological polar surface area (TPSA) is 9.23 Å². The van der Waals surface area contributed by atoms with Gasteiger partial charge in [-0.15, -0.1) is 0 Å². The molecule has 0 saturated carbocycles. The average Bonchev–Trinajstić information content (AvgIpc) is 2.30. The van der Waals surface area contributed by atoms with E-state index in [-0.39, 0.29) is 12.4 Å². The number of benzene rings is 2. The molecule has 4 heteroatoms. The maximum atomic E-state index is 13.2. The van der Waals surface area contributed by atoms with Crippen LogP contribution in [-0.2, 0) is 6.61 Å². The Hall–Kier alpha value is -1.97. The van der Waals surface area contributed by atoms with E-state index in [2.05, 4.69) is 0 Å². The summed E-state index contributed by atoms with van der Waals surface area (Å²) in [5, 5.41) is 0. The van der Waals surface area contributed by atoms with Crippen molar-refractivity contribution < 1.29 is 17.9 Å². The monoisotopic (exact) mass is 238 g/mol. The zero-order valence-corrected chi connectivity index (χ0v) is 8.79. The summed E-state index contributed by atoms with van der Waals surface area (Å²) in [5.74, 6) is -1.82. The Morgan fingerprint density at radius 1 is 0.882 bits per heavy atom. The lowest BCUT2D eigenvalue weighted by molar-refractivity contribution is 0.288. The minimum atomic E-state index is -0.650. The van der Waals surface area contributed by atoms with Crippen LogP contribution < -0.4 is 4.74 Å². The number of ether oxygens (including phenoxy) is 1. The summed E-state index contributed by atoms with van der Waals surface area (Å²) in [5.41, 5.74) is 0.550. The van der Waals surface area contributed by atoms with Crippen LogP contribution in [0.1, 0.15) is 5.56 Å². The molecule has 1 nitrogen and oxygen atoms in total. The first kappa shape index (κ1) is 11.5. The molecule has 2 aromatic carbocycles. The van der Waals surface area contributed by atoms with E-state index in [1.165, 1.54) is 18.2 Å². The van der Waals surface area contributed by atoms with Gasteiger partial charge in [0.15, 0.2) is 11.6 Å². The predicted octanol–water partition coefficient (Wildman–Crippen LogP) is 3.68. The van der Waals surface area contributed by atoms with Crippen LogP contribution in [0, 0.1) is 17.5 Å². The van der Waals surface area contributed by atoms with Gasteiger partial charge < -0.3 is 4.74 Å². The standard InChI is InChI=1S/C13H9F3O/c14-10-3-1-2-9(6-10)8-17-13-7-11(15)4-5-12(13)16/h1-7H,8H2. The zero-order valence-electron chi connectivity index (χ0n) is 8.79. The van der Waals surface area contributed by atoms with Crippen molar-refractivity contribution in [3.8, 4) is 5.75 Å². The van der Waals surface area contributed by atoms with Gasteiger partial charge in [0.05, 0.1) is 0 Å². The molecular weight excluding hydrogens is 229 g/mol. The molecule has 0 atom stereocenters. The van der Waals surface area contributed by atoms with Crippen LogP contribution in [0.2, 0.25) is 0 Å². The molecule has 0 unspecified atom stereocenters. The maximum Gasteiger partial charge on any atom is 0.165 e. The van der Waals surface area contributed by atoms with Gasteiger partial charge in [-0.2, -0.15) is 0 Å². The van der Waals surface area contributed by atoms with Crippen molar-refractivity contribution in [1.29, 1.82) is 0 Å². The first-order valence-corrected chi connectivity index (χ1v) is 4.97. The Kier molecular flexibility index (Phi) is 3.32. The smallest absolute Gasteiger partial charge is 0.165 e. The van der Waals surface area contributed by atoms with Crippen LogP contribution in [0.4, 0.5) is 13.2 Å². The number of hydrogen-bond donors (Lipinski definition) is 0. The zero-order chi connectivity index (χ0) is 12.3. The van der Waals surface area contributed by atoms with Crippen LogP contribution in [-0.4, -0.2) is 0 Å². The fourth-order valence-electron chi connectivity index (χ4n) is 1.38. The van der Waals surface area contributed by atoms with Gasteiger partial charge >= 0.3 is 0 Å². The molecule has 88 valence electrons. The summed E-state index contributed by atoms with van der Waals surface area (Å²) in [6, 6.07) is 8.68. The predicted molar refractivity (Wildman–Crippen MR) is 57.1 cm³/mol. The van der Waals surface area contributed by atoms with Gasteiger partial charge in [-0.05, 0) is 29.8 Å². The normalized spacial score (nSPS) is 10.3. The molecule has 0 amide bonds. The Balaban J connectivity index is 2.09. The molecule has 0 aromatic heterocycles. The summed E-state index contributed by atoms with van der Waals surface area (Å²) in [4.78, 5) is 0. The number of hydrogen-bond acceptors (Lipinski definition) is 1. The van der Waals surface area contributed by atoms with Crippen molar-refractivity contribution in [2.75, 3.05) is 0 Å². The highest BCUT2D eigenvalue weighted by molar-refractivity contribution is 5.25. The van der Waals surface area contributed by atoms with E-state index in [1.807, 2.05) is 0 Å². The van der Waals surface area contributed by atoms with Gasteiger partial charge in [0.2, 0.25) is 0 Å². The van der Waals surface area contributed by atoms with Crippen molar-refractivity contribution >= 4 is 0 Å². The van der Waals surface area contributed by atoms with E-state index in [0.29, 0.717) is 5.56 Å². The van der Waals surface area contributed by atoms with E-state index in [4.69, 9.17) is 4.74 Å². The first-order chi connectivity index (χ1) is 8.15. The number of halogens is 3. The first-order valence-electron chi connectivity index (χ1n) is 4.97. The Morgan fingerprint density at radius 2 is 1.65 bits per heavy atom. The molecule has 0 saturated heterocycles. The van der Waals surface area contributed by atoms with Gasteiger partial charge in [0.25, 0.3) is 0 Å². The number of rotatable bonds is 3. The highest BCUT2D eigenvalue weighted by Crippen LogP contribution is 2.19. The van der Waals surface area contributed by atoms with E-state index in [9.17, 15) is 13.2 Å². The molecule has 0 aliphatic rings. The third-order valence-electron chi connectivity index (χ3n) is 2.18. The SMILES string of the molecule is Fc1cccc(COc2cc(F)ccc2F)c1. The summed E-state index contributed by atoms with van der Waals surface area (Å²) in [6.45, 7) is -0.0157. The van der Waals surface area contributed by atoms with E-state index in [0.717, 1.165) is 18.2 Å². The van der Waals surface area contributed by atoms with Crippen molar-refractivity contribution in [3.63, 3.8) is 0 Å². The summed E-state index contributed by atoms with van der Waals surface area (Å²) >= 11 is 0. The molecule has 0 aliphatic carbocycles. The molecule has 17 heavy (non-hydrogen) atoms. The lowest BCUT2D eigenvalue weighted by Crippen LogP contribution is -1.98. The van der Waals surface area contributed by atoms with E-state index in [1.54, 1.807) is 6.07 Å². The highest BCUT2D eigenvalue weighted by Gasteiger charge is 2.05. The van der Waals surface area contributed by atoms with Crippen molar-refractivity contribution in [2.45, 2.75) is 6.61 Å². The summed E-state index contributed by atoms with van der Waals surface area (Å²) < 4.78 is 43.9. The van der Waals surface area contributed by atoms with Crippen molar-refractivity contribution in [3.05, 3.63) is 65.5 Å². The van der Waals surface area contributed by atoms with Crippen molar-refractivity contribution in [1.82, 2.24) is 0 Å². The van der Waals surface area contributed by atoms with E-state index < -0.39 is 17.5 Å². The molecule has 0 heterocycles. The fraction of sp³-hybridized carbons (Fsp3) is 0.0769. The maximum absolute atomic E-state index is 13.2. The lowest BCUT2D eigenvalue weighted by atomic mass is 10.2. The van der Waals surface area contributed by atoms with Gasteiger partial charge in [0, 0.05) is 6.07 Å². The molecular formula is C13H9F3O. The summed E-state index contributed by atoms with van der Waals surface area (Å²) in [6.07, 6.45) is 0.